The highest BCUT2D eigenvalue weighted by molar-refractivity contribution is 14.1. The predicted octanol–water partition coefficient (Wildman–Crippen LogP) is 1.62. The minimum Gasteiger partial charge on any atom is -0.391 e. The van der Waals surface area contributed by atoms with E-state index in [1.807, 2.05) is 7.05 Å². The molecular formula is C7H11IN2S. The third-order valence-electron chi connectivity index (χ3n) is 1.67. The molecule has 0 aliphatic heterocycles. The van der Waals surface area contributed by atoms with Crippen LogP contribution in [0.15, 0.2) is 23.5 Å². The predicted molar refractivity (Wildman–Crippen MR) is 59.8 cm³/mol. The third kappa shape index (κ3) is 2.30. The van der Waals surface area contributed by atoms with Gasteiger partial charge in [0.2, 0.25) is 0 Å². The fraction of sp³-hybridized carbons (Fsp3) is 0.429. The van der Waals surface area contributed by atoms with Gasteiger partial charge in [-0.05, 0) is 12.2 Å². The molecule has 62 valence electrons. The maximum absolute atomic E-state index is 4.43. The minimum atomic E-state index is 0.305. The van der Waals surface area contributed by atoms with E-state index in [0.717, 1.165) is 6.42 Å². The largest absolute Gasteiger partial charge is 0.391 e. The standard InChI is InChI=1S/C7H11IN2S/c1-9-5-2-3-6(10-8)7(11)4-5/h2-3,7,9-11H,4H2,1H3. The number of rotatable bonds is 2. The molecule has 0 radical (unpaired) electrons. The van der Waals surface area contributed by atoms with Crippen LogP contribution in [-0.2, 0) is 0 Å². The maximum atomic E-state index is 4.43. The van der Waals surface area contributed by atoms with E-state index in [1.165, 1.54) is 11.4 Å². The molecule has 0 aromatic carbocycles. The summed E-state index contributed by atoms with van der Waals surface area (Å²) >= 11 is 6.56. The highest BCUT2D eigenvalue weighted by atomic mass is 127. The lowest BCUT2D eigenvalue weighted by Gasteiger charge is -2.19. The van der Waals surface area contributed by atoms with E-state index in [0.29, 0.717) is 5.25 Å². The molecule has 2 N–H and O–H groups in total. The normalized spacial score (nSPS) is 23.7. The van der Waals surface area contributed by atoms with Crippen molar-refractivity contribution in [2.75, 3.05) is 7.05 Å². The molecule has 0 saturated carbocycles. The Morgan fingerprint density at radius 3 is 2.82 bits per heavy atom. The lowest BCUT2D eigenvalue weighted by Crippen LogP contribution is -2.20. The van der Waals surface area contributed by atoms with Gasteiger partial charge in [0.1, 0.15) is 0 Å². The smallest absolute Gasteiger partial charge is 0.0558 e. The van der Waals surface area contributed by atoms with Crippen LogP contribution in [0.5, 0.6) is 0 Å². The van der Waals surface area contributed by atoms with E-state index in [4.69, 9.17) is 0 Å². The van der Waals surface area contributed by atoms with Crippen LogP contribution in [-0.4, -0.2) is 12.3 Å². The molecule has 0 saturated heterocycles. The zero-order valence-corrected chi connectivity index (χ0v) is 9.32. The summed E-state index contributed by atoms with van der Waals surface area (Å²) in [5, 5.41) is 3.42. The van der Waals surface area contributed by atoms with Crippen LogP contribution in [0.1, 0.15) is 6.42 Å². The minimum absolute atomic E-state index is 0.305. The quantitative estimate of drug-likeness (QED) is 0.407. The van der Waals surface area contributed by atoms with Crippen LogP contribution < -0.4 is 8.85 Å². The number of nitrogens with one attached hydrogen (secondary N) is 2. The highest BCUT2D eigenvalue weighted by Crippen LogP contribution is 2.20. The van der Waals surface area contributed by atoms with E-state index in [2.05, 4.69) is 56.5 Å². The molecule has 0 fully saturated rings. The lowest BCUT2D eigenvalue weighted by atomic mass is 10.1. The summed E-state index contributed by atoms with van der Waals surface area (Å²) < 4.78 is 3.08. The molecule has 0 aromatic rings. The van der Waals surface area contributed by atoms with E-state index in [1.54, 1.807) is 0 Å². The van der Waals surface area contributed by atoms with Gasteiger partial charge in [-0.1, -0.05) is 0 Å². The Morgan fingerprint density at radius 1 is 1.64 bits per heavy atom. The lowest BCUT2D eigenvalue weighted by molar-refractivity contribution is 0.817. The van der Waals surface area contributed by atoms with Crippen molar-refractivity contribution < 1.29 is 0 Å². The summed E-state index contributed by atoms with van der Waals surface area (Å²) in [6.07, 6.45) is 5.11. The molecule has 2 nitrogen and oxygen atoms in total. The Kier molecular flexibility index (Phi) is 3.58. The summed E-state index contributed by atoms with van der Waals surface area (Å²) in [6.45, 7) is 0. The summed E-state index contributed by atoms with van der Waals surface area (Å²) in [5.41, 5.74) is 2.41. The second kappa shape index (κ2) is 4.25. The Morgan fingerprint density at radius 2 is 2.36 bits per heavy atom. The van der Waals surface area contributed by atoms with Crippen molar-refractivity contribution in [3.63, 3.8) is 0 Å². The van der Waals surface area contributed by atoms with Gasteiger partial charge in [-0.25, -0.2) is 0 Å². The first-order valence-electron chi connectivity index (χ1n) is 3.41. The molecule has 1 rings (SSSR count). The van der Waals surface area contributed by atoms with E-state index in [-0.39, 0.29) is 0 Å². The monoisotopic (exact) mass is 282 g/mol. The Hall–Kier alpha value is 0.160. The van der Waals surface area contributed by atoms with Gasteiger partial charge in [0.05, 0.1) is 22.9 Å². The fourth-order valence-electron chi connectivity index (χ4n) is 0.968. The number of halogens is 1. The van der Waals surface area contributed by atoms with Crippen molar-refractivity contribution in [2.45, 2.75) is 11.7 Å². The topological polar surface area (TPSA) is 24.1 Å². The fourth-order valence-corrected chi connectivity index (χ4v) is 2.12. The molecule has 11 heavy (non-hydrogen) atoms. The van der Waals surface area contributed by atoms with Crippen LogP contribution in [0.3, 0.4) is 0 Å². The number of thiol groups is 1. The van der Waals surface area contributed by atoms with Gasteiger partial charge >= 0.3 is 0 Å². The van der Waals surface area contributed by atoms with Crippen LogP contribution in [0, 0.1) is 0 Å². The van der Waals surface area contributed by atoms with Crippen molar-refractivity contribution in [3.8, 4) is 0 Å². The van der Waals surface area contributed by atoms with Crippen LogP contribution in [0.2, 0.25) is 0 Å². The van der Waals surface area contributed by atoms with Crippen molar-refractivity contribution in [2.24, 2.45) is 0 Å². The first kappa shape index (κ1) is 9.25. The second-order valence-corrected chi connectivity index (χ2v) is 3.54. The first-order valence-corrected chi connectivity index (χ1v) is 5.00. The van der Waals surface area contributed by atoms with Crippen molar-refractivity contribution in [1.82, 2.24) is 8.85 Å². The molecule has 0 spiro atoms. The van der Waals surface area contributed by atoms with Gasteiger partial charge in [-0.15, -0.1) is 0 Å². The van der Waals surface area contributed by atoms with Crippen molar-refractivity contribution in [1.29, 1.82) is 0 Å². The molecule has 1 aliphatic rings. The van der Waals surface area contributed by atoms with E-state index in [9.17, 15) is 0 Å². The van der Waals surface area contributed by atoms with E-state index < -0.39 is 0 Å². The summed E-state index contributed by atoms with van der Waals surface area (Å²) in [4.78, 5) is 0. The maximum Gasteiger partial charge on any atom is 0.0558 e. The van der Waals surface area contributed by atoms with Crippen molar-refractivity contribution in [3.05, 3.63) is 23.5 Å². The van der Waals surface area contributed by atoms with Crippen LogP contribution in [0.4, 0.5) is 0 Å². The zero-order valence-electron chi connectivity index (χ0n) is 6.26. The molecule has 0 amide bonds. The first-order chi connectivity index (χ1) is 5.27. The Labute approximate surface area is 86.4 Å². The molecule has 0 heterocycles. The molecule has 4 heteroatoms. The number of allylic oxidation sites excluding steroid dienone is 3. The van der Waals surface area contributed by atoms with Gasteiger partial charge in [0.25, 0.3) is 0 Å². The second-order valence-electron chi connectivity index (χ2n) is 2.38. The van der Waals surface area contributed by atoms with Gasteiger partial charge in [-0.2, -0.15) is 12.6 Å². The highest BCUT2D eigenvalue weighted by Gasteiger charge is 2.13. The molecule has 1 unspecified atom stereocenters. The molecular weight excluding hydrogens is 271 g/mol. The summed E-state index contributed by atoms with van der Waals surface area (Å²) in [6, 6.07) is 0. The Bertz CT molecular complexity index is 201. The molecule has 0 aromatic heterocycles. The summed E-state index contributed by atoms with van der Waals surface area (Å²) in [5.74, 6) is 0. The Balaban J connectivity index is 2.69. The zero-order chi connectivity index (χ0) is 8.27. The third-order valence-corrected chi connectivity index (χ3v) is 2.75. The van der Waals surface area contributed by atoms with E-state index >= 15 is 0 Å². The molecule has 1 aliphatic carbocycles. The number of hydrogen-bond acceptors (Lipinski definition) is 3. The van der Waals surface area contributed by atoms with Crippen LogP contribution >= 0.6 is 35.5 Å². The SMILES string of the molecule is CNC1=CC=C(NI)C(S)C1. The van der Waals surface area contributed by atoms with Gasteiger partial charge in [0.15, 0.2) is 0 Å². The average Bonchev–Trinajstić information content (AvgIpc) is 2.04. The summed E-state index contributed by atoms with van der Waals surface area (Å²) in [7, 11) is 1.93. The average molecular weight is 282 g/mol. The van der Waals surface area contributed by atoms with Gasteiger partial charge in [-0.3, -0.25) is 0 Å². The van der Waals surface area contributed by atoms with Gasteiger partial charge < -0.3 is 8.85 Å². The molecule has 0 bridgehead atoms. The van der Waals surface area contributed by atoms with Crippen molar-refractivity contribution >= 4 is 35.5 Å². The van der Waals surface area contributed by atoms with Crippen LogP contribution in [0.25, 0.3) is 0 Å². The number of hydrogen-bond donors (Lipinski definition) is 3. The van der Waals surface area contributed by atoms with Gasteiger partial charge in [0, 0.05) is 30.1 Å². The molecule has 1 atom stereocenters.